The van der Waals surface area contributed by atoms with Gasteiger partial charge in [0, 0.05) is 24.2 Å². The second-order valence-electron chi connectivity index (χ2n) is 14.9. The molecule has 0 saturated heterocycles. The molecule has 0 amide bonds. The van der Waals surface area contributed by atoms with Gasteiger partial charge in [-0.15, -0.1) is 0 Å². The third-order valence-electron chi connectivity index (χ3n) is 9.72. The Bertz CT molecular complexity index is 2370. The summed E-state index contributed by atoms with van der Waals surface area (Å²) in [6.45, 7) is -0.305. The molecule has 18 heteroatoms. The molecule has 5 rings (SSSR count). The van der Waals surface area contributed by atoms with Gasteiger partial charge in [-0.2, -0.15) is 26.3 Å². The van der Waals surface area contributed by atoms with E-state index in [4.69, 9.17) is 30.4 Å². The molecule has 5 aromatic rings. The lowest BCUT2D eigenvalue weighted by Gasteiger charge is -2.26. The van der Waals surface area contributed by atoms with Crippen LogP contribution in [0, 0.1) is 0 Å². The summed E-state index contributed by atoms with van der Waals surface area (Å²) in [6.07, 6.45) is -10.1. The highest BCUT2D eigenvalue weighted by Crippen LogP contribution is 2.32. The van der Waals surface area contributed by atoms with Crippen molar-refractivity contribution in [3.8, 4) is 23.0 Å². The van der Waals surface area contributed by atoms with Crippen molar-refractivity contribution in [3.63, 3.8) is 0 Å². The van der Waals surface area contributed by atoms with Crippen LogP contribution in [0.25, 0.3) is 12.2 Å². The summed E-state index contributed by atoms with van der Waals surface area (Å²) in [5.41, 5.74) is 13.5. The molecule has 6 N–H and O–H groups in total. The van der Waals surface area contributed by atoms with Crippen LogP contribution in [0.15, 0.2) is 127 Å². The Morgan fingerprint density at radius 2 is 0.910 bits per heavy atom. The lowest BCUT2D eigenvalue weighted by atomic mass is 9.83. The molecule has 0 spiro atoms. The van der Waals surface area contributed by atoms with Crippen molar-refractivity contribution in [1.29, 1.82) is 0 Å². The van der Waals surface area contributed by atoms with Gasteiger partial charge in [-0.05, 0) is 127 Å². The van der Waals surface area contributed by atoms with Gasteiger partial charge >= 0.3 is 24.3 Å². The van der Waals surface area contributed by atoms with Gasteiger partial charge in [0.15, 0.2) is 11.6 Å². The van der Waals surface area contributed by atoms with Crippen LogP contribution in [0.1, 0.15) is 69.0 Å². The van der Waals surface area contributed by atoms with Gasteiger partial charge in [0.05, 0.1) is 30.3 Å². The van der Waals surface area contributed by atoms with Gasteiger partial charge in [0.2, 0.25) is 0 Å². The minimum Gasteiger partial charge on any atom is -0.494 e. The second-order valence-corrected chi connectivity index (χ2v) is 14.9. The SMILES string of the molecule is Nc1ccc(C(C(O)C(=O)/C=C/c2ccc(OC(=O)c3ccc(OCCCC(F)(F)F)cc3)cc2)C(O)C(=O)/C=C/c2ccc(OC(=O)c3ccc(OCCCC(F)(F)F)cc3)cc2)c(N)c1. The van der Waals surface area contributed by atoms with Crippen molar-refractivity contribution in [2.24, 2.45) is 0 Å². The van der Waals surface area contributed by atoms with Gasteiger partial charge in [-0.1, -0.05) is 42.5 Å². The van der Waals surface area contributed by atoms with E-state index in [-0.39, 0.29) is 77.1 Å². The number of carbonyl (C=O) groups is 4. The zero-order valence-electron chi connectivity index (χ0n) is 35.3. The molecule has 2 atom stereocenters. The topological polar surface area (TPSA) is 198 Å². The predicted octanol–water partition coefficient (Wildman–Crippen LogP) is 9.10. The molecule has 0 aliphatic carbocycles. The van der Waals surface area contributed by atoms with Crippen LogP contribution in [0.4, 0.5) is 37.7 Å². The van der Waals surface area contributed by atoms with Crippen LogP contribution in [0.5, 0.6) is 23.0 Å². The van der Waals surface area contributed by atoms with Gasteiger partial charge in [-0.25, -0.2) is 9.59 Å². The van der Waals surface area contributed by atoms with Crippen LogP contribution in [-0.2, 0) is 9.59 Å². The molecule has 0 aromatic heterocycles. The molecule has 0 fully saturated rings. The maximum absolute atomic E-state index is 13.4. The lowest BCUT2D eigenvalue weighted by molar-refractivity contribution is -0.137. The van der Waals surface area contributed by atoms with Crippen LogP contribution in [0.2, 0.25) is 0 Å². The third kappa shape index (κ3) is 16.2. The molecule has 2 unspecified atom stereocenters. The molecule has 67 heavy (non-hydrogen) atoms. The number of anilines is 2. The number of ether oxygens (including phenoxy) is 4. The molecule has 352 valence electrons. The van der Waals surface area contributed by atoms with Crippen molar-refractivity contribution >= 4 is 47.0 Å². The van der Waals surface area contributed by atoms with Crippen molar-refractivity contribution in [2.45, 2.75) is 56.2 Å². The Morgan fingerprint density at radius 1 is 0.537 bits per heavy atom. The fourth-order valence-electron chi connectivity index (χ4n) is 6.24. The molecule has 12 nitrogen and oxygen atoms in total. The zero-order valence-corrected chi connectivity index (χ0v) is 35.3. The van der Waals surface area contributed by atoms with Gasteiger partial charge < -0.3 is 40.6 Å². The number of aliphatic hydroxyl groups is 2. The fraction of sp³-hybridized carbons (Fsp3) is 0.224. The van der Waals surface area contributed by atoms with E-state index < -0.39 is 66.8 Å². The first-order valence-corrected chi connectivity index (χ1v) is 20.4. The van der Waals surface area contributed by atoms with Crippen molar-refractivity contribution in [3.05, 3.63) is 155 Å². The molecular formula is C49H44F6N2O10. The molecular weight excluding hydrogens is 891 g/mol. The number of halogens is 6. The van der Waals surface area contributed by atoms with E-state index in [2.05, 4.69) is 0 Å². The summed E-state index contributed by atoms with van der Waals surface area (Å²) in [7, 11) is 0. The number of benzene rings is 5. The Labute approximate surface area is 380 Å². The van der Waals surface area contributed by atoms with Gasteiger partial charge in [0.25, 0.3) is 0 Å². The second kappa shape index (κ2) is 23.1. The van der Waals surface area contributed by atoms with Crippen LogP contribution in [0.3, 0.4) is 0 Å². The summed E-state index contributed by atoms with van der Waals surface area (Å²) in [6, 6.07) is 27.3. The van der Waals surface area contributed by atoms with Crippen LogP contribution >= 0.6 is 0 Å². The maximum Gasteiger partial charge on any atom is 0.389 e. The fourth-order valence-corrected chi connectivity index (χ4v) is 6.24. The molecule has 0 bridgehead atoms. The van der Waals surface area contributed by atoms with Gasteiger partial charge in [0.1, 0.15) is 35.2 Å². The number of aliphatic hydroxyl groups excluding tert-OH is 2. The summed E-state index contributed by atoms with van der Waals surface area (Å²) < 4.78 is 95.4. The molecule has 0 aliphatic rings. The Morgan fingerprint density at radius 3 is 1.27 bits per heavy atom. The van der Waals surface area contributed by atoms with Crippen LogP contribution in [-0.4, -0.2) is 71.5 Å². The number of esters is 2. The number of rotatable bonds is 21. The number of nitrogen functional groups attached to an aromatic ring is 2. The molecule has 0 aliphatic heterocycles. The average molecular weight is 935 g/mol. The summed E-state index contributed by atoms with van der Waals surface area (Å²) in [5.74, 6) is -3.94. The van der Waals surface area contributed by atoms with Crippen LogP contribution < -0.4 is 30.4 Å². The monoisotopic (exact) mass is 934 g/mol. The highest BCUT2D eigenvalue weighted by atomic mass is 19.4. The Hall–Kier alpha value is -7.44. The quantitative estimate of drug-likeness (QED) is 0.0136. The van der Waals surface area contributed by atoms with E-state index in [1.54, 1.807) is 0 Å². The summed E-state index contributed by atoms with van der Waals surface area (Å²) >= 11 is 0. The van der Waals surface area contributed by atoms with E-state index >= 15 is 0 Å². The zero-order chi connectivity index (χ0) is 48.7. The number of ketones is 2. The first-order valence-electron chi connectivity index (χ1n) is 20.4. The van der Waals surface area contributed by atoms with E-state index in [9.17, 15) is 55.7 Å². The summed E-state index contributed by atoms with van der Waals surface area (Å²) in [5, 5.41) is 22.6. The number of hydrogen-bond donors (Lipinski definition) is 4. The van der Waals surface area contributed by atoms with Crippen molar-refractivity contribution in [1.82, 2.24) is 0 Å². The van der Waals surface area contributed by atoms with Crippen molar-refractivity contribution in [2.75, 3.05) is 24.7 Å². The van der Waals surface area contributed by atoms with Gasteiger partial charge in [-0.3, -0.25) is 9.59 Å². The number of hydrogen-bond acceptors (Lipinski definition) is 12. The van der Waals surface area contributed by atoms with E-state index in [0.717, 1.165) is 12.2 Å². The molecule has 0 saturated carbocycles. The number of nitrogens with two attached hydrogens (primary N) is 2. The molecule has 0 heterocycles. The normalized spacial score (nSPS) is 13.2. The first-order chi connectivity index (χ1) is 31.7. The minimum absolute atomic E-state index is 0.000184. The van der Waals surface area contributed by atoms with E-state index in [0.29, 0.717) is 11.1 Å². The minimum atomic E-state index is -4.28. The van der Waals surface area contributed by atoms with E-state index in [1.807, 2.05) is 0 Å². The number of carbonyl (C=O) groups excluding carboxylic acids is 4. The average Bonchev–Trinajstić information content (AvgIpc) is 3.29. The highest BCUT2D eigenvalue weighted by molar-refractivity contribution is 6.01. The van der Waals surface area contributed by atoms with E-state index in [1.165, 1.54) is 127 Å². The standard InChI is InChI=1S/C49H44F6N2O10/c50-48(51,52)25-1-27-64-35-18-9-32(10-19-35)46(62)66-37-14-3-30(4-15-37)7-23-41(58)44(60)43(39-22-13-34(56)29-40(39)57)45(61)42(59)24-8-31-5-16-38(17-6-31)67-47(63)33-11-20-36(21-12-33)65-28-2-26-49(53,54)55/h3-24,29,43-45,60-61H,1-2,25-28,56-57H2/b23-7+,24-8+. The first kappa shape index (κ1) is 50.6. The Kier molecular flexibility index (Phi) is 17.5. The Balaban J connectivity index is 1.17. The molecule has 0 radical (unpaired) electrons. The maximum atomic E-state index is 13.4. The molecule has 5 aromatic carbocycles. The highest BCUT2D eigenvalue weighted by Gasteiger charge is 2.37. The largest absolute Gasteiger partial charge is 0.494 e. The number of alkyl halides is 6. The van der Waals surface area contributed by atoms with Crippen molar-refractivity contribution < 1.29 is 74.7 Å². The smallest absolute Gasteiger partial charge is 0.389 e. The summed E-state index contributed by atoms with van der Waals surface area (Å²) in [4.78, 5) is 52.1. The third-order valence-corrected chi connectivity index (χ3v) is 9.72. The lowest BCUT2D eigenvalue weighted by Crippen LogP contribution is -2.39. The predicted molar refractivity (Wildman–Crippen MR) is 235 cm³/mol.